The summed E-state index contributed by atoms with van der Waals surface area (Å²) in [7, 11) is -3.73. The number of hydrogen-bond acceptors (Lipinski definition) is 2. The molecule has 0 aliphatic heterocycles. The summed E-state index contributed by atoms with van der Waals surface area (Å²) in [6.07, 6.45) is 0. The molecule has 0 bridgehead atoms. The van der Waals surface area contributed by atoms with Gasteiger partial charge in [0.15, 0.2) is 0 Å². The van der Waals surface area contributed by atoms with Gasteiger partial charge in [-0.2, -0.15) is 0 Å². The van der Waals surface area contributed by atoms with E-state index < -0.39 is 8.54 Å². The SMILES string of the molecule is O=S(=O)(O)[SeH]. The van der Waals surface area contributed by atoms with Crippen LogP contribution in [0.2, 0.25) is 0 Å². The number of rotatable bonds is 0. The first-order valence-electron chi connectivity index (χ1n) is 0.698. The third-order valence-electron chi connectivity index (χ3n) is 0. The molecule has 0 radical (unpaired) electrons. The quantitative estimate of drug-likeness (QED) is 0.354. The van der Waals surface area contributed by atoms with E-state index in [1.807, 2.05) is 0 Å². The molecule has 5 heteroatoms. The molecule has 0 aliphatic carbocycles. The normalized spacial score (nSPS) is 11.6. The first kappa shape index (κ1) is 5.43. The fraction of sp³-hybridized carbons (Fsp3) is 0. The maximum absolute atomic E-state index is 9.16. The Balaban J connectivity index is 4.06. The summed E-state index contributed by atoms with van der Waals surface area (Å²) in [5.41, 5.74) is 0. The van der Waals surface area contributed by atoms with Crippen molar-refractivity contribution in [1.82, 2.24) is 0 Å². The molecule has 0 saturated heterocycles. The van der Waals surface area contributed by atoms with Crippen LogP contribution in [0.1, 0.15) is 0 Å². The molecule has 0 unspecified atom stereocenters. The van der Waals surface area contributed by atoms with Crippen molar-refractivity contribution < 1.29 is 13.0 Å². The molecule has 0 saturated carbocycles. The predicted octanol–water partition coefficient (Wildman–Crippen LogP) is -1.31. The Bertz CT molecular complexity index is 90.1. The molecule has 0 atom stereocenters. The molecule has 0 heterocycles. The summed E-state index contributed by atoms with van der Waals surface area (Å²) in [6.45, 7) is 0. The fourth-order valence-corrected chi connectivity index (χ4v) is 0. The van der Waals surface area contributed by atoms with Gasteiger partial charge in [-0.1, -0.05) is 0 Å². The minimum absolute atomic E-state index is 1.11. The van der Waals surface area contributed by atoms with Crippen molar-refractivity contribution in [2.75, 3.05) is 0 Å². The van der Waals surface area contributed by atoms with Crippen LogP contribution < -0.4 is 0 Å². The first-order chi connectivity index (χ1) is 2.00. The van der Waals surface area contributed by atoms with E-state index in [9.17, 15) is 0 Å². The molecular formula is H2O3SSe. The van der Waals surface area contributed by atoms with Crippen molar-refractivity contribution in [3.8, 4) is 0 Å². The van der Waals surface area contributed by atoms with Crippen LogP contribution in [0.15, 0.2) is 0 Å². The van der Waals surface area contributed by atoms with Crippen LogP contribution >= 0.6 is 0 Å². The zero-order valence-corrected chi connectivity index (χ0v) is 4.81. The van der Waals surface area contributed by atoms with Gasteiger partial charge in [0.2, 0.25) is 0 Å². The average molecular weight is 161 g/mol. The Labute approximate surface area is 37.0 Å². The van der Waals surface area contributed by atoms with E-state index >= 15 is 0 Å². The van der Waals surface area contributed by atoms with Gasteiger partial charge in [0, 0.05) is 0 Å². The molecular weight excluding hydrogens is 159 g/mol. The van der Waals surface area contributed by atoms with Crippen molar-refractivity contribution in [2.24, 2.45) is 0 Å². The van der Waals surface area contributed by atoms with Gasteiger partial charge >= 0.3 is 36.4 Å². The van der Waals surface area contributed by atoms with Crippen LogP contribution in [0.4, 0.5) is 0 Å². The van der Waals surface area contributed by atoms with E-state index in [-0.39, 0.29) is 0 Å². The Morgan fingerprint density at radius 1 is 1.60 bits per heavy atom. The van der Waals surface area contributed by atoms with Gasteiger partial charge in [-0.05, 0) is 0 Å². The maximum atomic E-state index is 9.16. The minimum atomic E-state index is -3.73. The Hall–Kier alpha value is 0.429. The second-order valence-corrected chi connectivity index (χ2v) is 4.25. The van der Waals surface area contributed by atoms with Crippen molar-refractivity contribution in [1.29, 1.82) is 0 Å². The summed E-state index contributed by atoms with van der Waals surface area (Å²) >= 11 is 1.11. The molecule has 5 heavy (non-hydrogen) atoms. The summed E-state index contributed by atoms with van der Waals surface area (Å²) in [5, 5.41) is 0. The van der Waals surface area contributed by atoms with Crippen LogP contribution in [0, 0.1) is 0 Å². The second kappa shape index (κ2) is 1.26. The van der Waals surface area contributed by atoms with Gasteiger partial charge in [0.05, 0.1) is 0 Å². The van der Waals surface area contributed by atoms with E-state index in [0.717, 1.165) is 14.9 Å². The molecule has 0 aromatic heterocycles. The molecule has 0 aliphatic rings. The first-order valence-corrected chi connectivity index (χ1v) is 4.39. The molecule has 0 spiro atoms. The molecule has 32 valence electrons. The van der Waals surface area contributed by atoms with E-state index in [1.165, 1.54) is 0 Å². The van der Waals surface area contributed by atoms with Crippen LogP contribution in [-0.2, 0) is 8.54 Å². The van der Waals surface area contributed by atoms with Crippen molar-refractivity contribution in [3.05, 3.63) is 0 Å². The molecule has 0 amide bonds. The van der Waals surface area contributed by atoms with E-state index in [4.69, 9.17) is 13.0 Å². The zero-order valence-electron chi connectivity index (χ0n) is 2.12. The zero-order chi connectivity index (χ0) is 4.50. The van der Waals surface area contributed by atoms with Crippen molar-refractivity contribution in [3.63, 3.8) is 0 Å². The second-order valence-electron chi connectivity index (χ2n) is 0.448. The van der Waals surface area contributed by atoms with Crippen LogP contribution in [0.25, 0.3) is 0 Å². The Morgan fingerprint density at radius 2 is 1.60 bits per heavy atom. The van der Waals surface area contributed by atoms with Crippen LogP contribution in [0.3, 0.4) is 0 Å². The summed E-state index contributed by atoms with van der Waals surface area (Å²) < 4.78 is 25.8. The third kappa shape index (κ3) is 142. The Kier molecular flexibility index (Phi) is 1.37. The van der Waals surface area contributed by atoms with Crippen LogP contribution in [-0.4, -0.2) is 27.9 Å². The third-order valence-corrected chi connectivity index (χ3v) is 0. The van der Waals surface area contributed by atoms with Gasteiger partial charge in [0.25, 0.3) is 0 Å². The summed E-state index contributed by atoms with van der Waals surface area (Å²) in [4.78, 5) is 0. The topological polar surface area (TPSA) is 54.4 Å². The molecule has 0 fully saturated rings. The molecule has 3 nitrogen and oxygen atoms in total. The summed E-state index contributed by atoms with van der Waals surface area (Å²) in [5.74, 6) is 0. The average Bonchev–Trinajstić information content (AvgIpc) is 0.722. The number of hydrogen-bond donors (Lipinski definition) is 1. The van der Waals surface area contributed by atoms with E-state index in [1.54, 1.807) is 0 Å². The monoisotopic (exact) mass is 162 g/mol. The molecule has 0 rings (SSSR count). The van der Waals surface area contributed by atoms with Gasteiger partial charge < -0.3 is 0 Å². The fourth-order valence-electron chi connectivity index (χ4n) is 0. The van der Waals surface area contributed by atoms with Gasteiger partial charge in [-0.25, -0.2) is 0 Å². The molecule has 0 aromatic rings. The van der Waals surface area contributed by atoms with Gasteiger partial charge in [-0.3, -0.25) is 0 Å². The van der Waals surface area contributed by atoms with Crippen molar-refractivity contribution >= 4 is 23.4 Å². The molecule has 1 N–H and O–H groups in total. The predicted molar refractivity (Wildman–Crippen MR) is 18.7 cm³/mol. The van der Waals surface area contributed by atoms with Gasteiger partial charge in [0.1, 0.15) is 0 Å². The van der Waals surface area contributed by atoms with E-state index in [2.05, 4.69) is 0 Å². The van der Waals surface area contributed by atoms with Gasteiger partial charge in [-0.15, -0.1) is 0 Å². The van der Waals surface area contributed by atoms with E-state index in [0.29, 0.717) is 0 Å². The van der Waals surface area contributed by atoms with Crippen LogP contribution in [0.5, 0.6) is 0 Å². The Morgan fingerprint density at radius 3 is 1.60 bits per heavy atom. The van der Waals surface area contributed by atoms with Crippen molar-refractivity contribution in [2.45, 2.75) is 0 Å². The summed E-state index contributed by atoms with van der Waals surface area (Å²) in [6, 6.07) is 0. The standard InChI is InChI=1S/H2O3SSe/c1-4(2,3)5/h(H2,1,2,3,5). The molecule has 0 aromatic carbocycles.